The van der Waals surface area contributed by atoms with E-state index in [9.17, 15) is 9.59 Å². The summed E-state index contributed by atoms with van der Waals surface area (Å²) in [4.78, 5) is 25.4. The smallest absolute Gasteiger partial charge is 0.242 e. The number of nitrogens with zero attached hydrogens (tertiary/aromatic N) is 1. The second-order valence-electron chi connectivity index (χ2n) is 5.55. The summed E-state index contributed by atoms with van der Waals surface area (Å²) in [6.45, 7) is 6.94. The molecule has 1 N–H and O–H groups in total. The zero-order valence-electron chi connectivity index (χ0n) is 12.8. The van der Waals surface area contributed by atoms with Crippen molar-refractivity contribution in [2.24, 2.45) is 0 Å². The first kappa shape index (κ1) is 15.5. The van der Waals surface area contributed by atoms with Crippen molar-refractivity contribution in [1.29, 1.82) is 0 Å². The molecule has 0 bridgehead atoms. The highest BCUT2D eigenvalue weighted by molar-refractivity contribution is 5.95. The third-order valence-electron chi connectivity index (χ3n) is 3.49. The van der Waals surface area contributed by atoms with Crippen molar-refractivity contribution < 1.29 is 14.3 Å². The van der Waals surface area contributed by atoms with Crippen LogP contribution < -0.4 is 5.32 Å². The van der Waals surface area contributed by atoms with Crippen molar-refractivity contribution in [2.75, 3.05) is 25.0 Å². The number of rotatable bonds is 4. The number of benzene rings is 1. The molecule has 1 aliphatic heterocycles. The summed E-state index contributed by atoms with van der Waals surface area (Å²) in [7, 11) is 0. The molecular weight excluding hydrogens is 268 g/mol. The van der Waals surface area contributed by atoms with Crippen LogP contribution in [0.5, 0.6) is 0 Å². The molecule has 0 saturated carbocycles. The zero-order chi connectivity index (χ0) is 15.4. The van der Waals surface area contributed by atoms with E-state index in [1.54, 1.807) is 12.1 Å². The SMILES string of the molecule is CC(=O)c1cccc(NCC(=O)N2C[C@@H](C)O[C@H](C)C2)c1. The number of carbonyl (C=O) groups excluding carboxylic acids is 2. The summed E-state index contributed by atoms with van der Waals surface area (Å²) in [6, 6.07) is 7.19. The number of anilines is 1. The molecule has 1 heterocycles. The highest BCUT2D eigenvalue weighted by atomic mass is 16.5. The van der Waals surface area contributed by atoms with E-state index < -0.39 is 0 Å². The Bertz CT molecular complexity index is 520. The Morgan fingerprint density at radius 1 is 1.29 bits per heavy atom. The Morgan fingerprint density at radius 2 is 1.95 bits per heavy atom. The number of hydrogen-bond donors (Lipinski definition) is 1. The molecule has 0 unspecified atom stereocenters. The molecule has 0 radical (unpaired) electrons. The van der Waals surface area contributed by atoms with Crippen molar-refractivity contribution in [3.05, 3.63) is 29.8 Å². The minimum atomic E-state index is 0.0146. The standard InChI is InChI=1S/C16H22N2O3/c1-11-9-18(10-12(2)21-11)16(20)8-17-15-6-4-5-14(7-15)13(3)19/h4-7,11-12,17H,8-10H2,1-3H3/t11-,12-/m1/s1. The minimum absolute atomic E-state index is 0.0146. The van der Waals surface area contributed by atoms with E-state index in [1.165, 1.54) is 6.92 Å². The predicted octanol–water partition coefficient (Wildman–Crippen LogP) is 1.94. The molecule has 1 aliphatic rings. The monoisotopic (exact) mass is 290 g/mol. The molecule has 1 saturated heterocycles. The quantitative estimate of drug-likeness (QED) is 0.861. The van der Waals surface area contributed by atoms with Crippen LogP contribution in [0.25, 0.3) is 0 Å². The van der Waals surface area contributed by atoms with Crippen molar-refractivity contribution in [3.63, 3.8) is 0 Å². The van der Waals surface area contributed by atoms with Gasteiger partial charge in [-0.15, -0.1) is 0 Å². The fraction of sp³-hybridized carbons (Fsp3) is 0.500. The summed E-state index contributed by atoms with van der Waals surface area (Å²) in [6.07, 6.45) is 0.137. The van der Waals surface area contributed by atoms with Crippen molar-refractivity contribution >= 4 is 17.4 Å². The van der Waals surface area contributed by atoms with Crippen molar-refractivity contribution in [1.82, 2.24) is 4.90 Å². The largest absolute Gasteiger partial charge is 0.376 e. The number of ether oxygens (including phenoxy) is 1. The third-order valence-corrected chi connectivity index (χ3v) is 3.49. The van der Waals surface area contributed by atoms with Gasteiger partial charge in [-0.1, -0.05) is 12.1 Å². The van der Waals surface area contributed by atoms with E-state index in [4.69, 9.17) is 4.74 Å². The molecule has 1 fully saturated rings. The van der Waals surface area contributed by atoms with Crippen LogP contribution in [0, 0.1) is 0 Å². The fourth-order valence-corrected chi connectivity index (χ4v) is 2.52. The van der Waals surface area contributed by atoms with Gasteiger partial charge in [0, 0.05) is 24.3 Å². The maximum Gasteiger partial charge on any atom is 0.242 e. The van der Waals surface area contributed by atoms with Gasteiger partial charge in [-0.05, 0) is 32.9 Å². The Morgan fingerprint density at radius 3 is 2.57 bits per heavy atom. The van der Waals surface area contributed by atoms with Crippen LogP contribution in [0.3, 0.4) is 0 Å². The molecule has 5 nitrogen and oxygen atoms in total. The highest BCUT2D eigenvalue weighted by Gasteiger charge is 2.25. The number of amides is 1. The Kier molecular flexibility index (Phi) is 4.96. The van der Waals surface area contributed by atoms with Crippen LogP contribution in [0.15, 0.2) is 24.3 Å². The molecular formula is C16H22N2O3. The Labute approximate surface area is 125 Å². The first-order valence-corrected chi connectivity index (χ1v) is 7.24. The van der Waals surface area contributed by atoms with E-state index in [2.05, 4.69) is 5.32 Å². The van der Waals surface area contributed by atoms with E-state index in [0.29, 0.717) is 18.7 Å². The number of morpholine rings is 1. The second kappa shape index (κ2) is 6.72. The average molecular weight is 290 g/mol. The Balaban J connectivity index is 1.92. The summed E-state index contributed by atoms with van der Waals surface area (Å²) < 4.78 is 5.62. The maximum absolute atomic E-state index is 12.2. The number of Topliss-reactive ketones (excluding diaryl/α,β-unsaturated/α-hetero) is 1. The van der Waals surface area contributed by atoms with Gasteiger partial charge >= 0.3 is 0 Å². The summed E-state index contributed by atoms with van der Waals surface area (Å²) >= 11 is 0. The zero-order valence-corrected chi connectivity index (χ0v) is 12.8. The van der Waals surface area contributed by atoms with Gasteiger partial charge in [-0.3, -0.25) is 9.59 Å². The lowest BCUT2D eigenvalue weighted by Gasteiger charge is -2.35. The highest BCUT2D eigenvalue weighted by Crippen LogP contribution is 2.13. The predicted molar refractivity (Wildman–Crippen MR) is 81.5 cm³/mol. The molecule has 1 amide bonds. The molecule has 1 aromatic rings. The van der Waals surface area contributed by atoms with Crippen LogP contribution >= 0.6 is 0 Å². The summed E-state index contributed by atoms with van der Waals surface area (Å²) in [5.41, 5.74) is 1.42. The van der Waals surface area contributed by atoms with Crippen LogP contribution in [0.2, 0.25) is 0 Å². The van der Waals surface area contributed by atoms with Crippen LogP contribution in [-0.4, -0.2) is 48.4 Å². The number of nitrogens with one attached hydrogen (secondary N) is 1. The van der Waals surface area contributed by atoms with Crippen LogP contribution in [0.1, 0.15) is 31.1 Å². The third kappa shape index (κ3) is 4.29. The van der Waals surface area contributed by atoms with Gasteiger partial charge in [0.05, 0.1) is 18.8 Å². The second-order valence-corrected chi connectivity index (χ2v) is 5.55. The molecule has 1 aromatic carbocycles. The minimum Gasteiger partial charge on any atom is -0.376 e. The molecule has 0 aromatic heterocycles. The van der Waals surface area contributed by atoms with Crippen LogP contribution in [0.4, 0.5) is 5.69 Å². The van der Waals surface area contributed by atoms with E-state index in [-0.39, 0.29) is 30.4 Å². The molecule has 0 spiro atoms. The van der Waals surface area contributed by atoms with Gasteiger partial charge in [-0.2, -0.15) is 0 Å². The molecule has 114 valence electrons. The van der Waals surface area contributed by atoms with E-state index in [0.717, 1.165) is 5.69 Å². The number of ketones is 1. The number of carbonyl (C=O) groups is 2. The molecule has 2 rings (SSSR count). The van der Waals surface area contributed by atoms with Crippen LogP contribution in [-0.2, 0) is 9.53 Å². The van der Waals surface area contributed by atoms with Gasteiger partial charge in [0.15, 0.2) is 5.78 Å². The number of hydrogen-bond acceptors (Lipinski definition) is 4. The fourth-order valence-electron chi connectivity index (χ4n) is 2.52. The molecule has 0 aliphatic carbocycles. The first-order valence-electron chi connectivity index (χ1n) is 7.24. The van der Waals surface area contributed by atoms with Crippen molar-refractivity contribution in [2.45, 2.75) is 33.0 Å². The molecule has 21 heavy (non-hydrogen) atoms. The van der Waals surface area contributed by atoms with Gasteiger partial charge < -0.3 is 15.0 Å². The first-order chi connectivity index (χ1) is 9.95. The van der Waals surface area contributed by atoms with Gasteiger partial charge in [0.1, 0.15) is 0 Å². The van der Waals surface area contributed by atoms with E-state index in [1.807, 2.05) is 30.9 Å². The average Bonchev–Trinajstić information content (AvgIpc) is 2.44. The summed E-state index contributed by atoms with van der Waals surface area (Å²) in [5.74, 6) is 0.0611. The van der Waals surface area contributed by atoms with Gasteiger partial charge in [-0.25, -0.2) is 0 Å². The lowest BCUT2D eigenvalue weighted by Crippen LogP contribution is -2.49. The molecule has 5 heteroatoms. The van der Waals surface area contributed by atoms with Crippen molar-refractivity contribution in [3.8, 4) is 0 Å². The van der Waals surface area contributed by atoms with E-state index >= 15 is 0 Å². The maximum atomic E-state index is 12.2. The van der Waals surface area contributed by atoms with Gasteiger partial charge in [0.2, 0.25) is 5.91 Å². The topological polar surface area (TPSA) is 58.6 Å². The summed E-state index contributed by atoms with van der Waals surface area (Å²) in [5, 5.41) is 3.08. The molecule has 2 atom stereocenters. The normalized spacial score (nSPS) is 22.0. The lowest BCUT2D eigenvalue weighted by molar-refractivity contribution is -0.141. The lowest BCUT2D eigenvalue weighted by atomic mass is 10.1. The Hall–Kier alpha value is -1.88. The van der Waals surface area contributed by atoms with Gasteiger partial charge in [0.25, 0.3) is 0 Å².